The molecule has 2 atom stereocenters. The van der Waals surface area contributed by atoms with Crippen molar-refractivity contribution in [3.8, 4) is 0 Å². The summed E-state index contributed by atoms with van der Waals surface area (Å²) in [6, 6.07) is -1.06. The first-order valence-corrected chi connectivity index (χ1v) is 6.71. The summed E-state index contributed by atoms with van der Waals surface area (Å²) < 4.78 is 13.8. The minimum absolute atomic E-state index is 0.0231. The average molecular weight is 319 g/mol. The Morgan fingerprint density at radius 3 is 2.05 bits per heavy atom. The lowest BCUT2D eigenvalue weighted by molar-refractivity contribution is -0.139. The highest BCUT2D eigenvalue weighted by Gasteiger charge is 2.15. The number of phosphoric acid groups is 1. The molecule has 0 amide bonds. The Bertz CT molecular complexity index is 342. The van der Waals surface area contributed by atoms with Crippen LogP contribution in [0.4, 0.5) is 0 Å². The molecule has 0 aromatic carbocycles. The van der Waals surface area contributed by atoms with Gasteiger partial charge in [-0.05, 0) is 6.42 Å². The van der Waals surface area contributed by atoms with Crippen LogP contribution in [-0.2, 0) is 18.7 Å². The second-order valence-electron chi connectivity index (χ2n) is 3.50. The summed E-state index contributed by atoms with van der Waals surface area (Å²) in [6.45, 7) is -1.15. The molecule has 0 aliphatic heterocycles. The highest BCUT2D eigenvalue weighted by molar-refractivity contribution is 7.46. The molecule has 0 heterocycles. The first-order chi connectivity index (χ1) is 8.99. The van der Waals surface area contributed by atoms with Crippen LogP contribution in [0.2, 0.25) is 0 Å². The van der Waals surface area contributed by atoms with E-state index in [9.17, 15) is 14.2 Å². The lowest BCUT2D eigenvalue weighted by Gasteiger charge is -2.07. The van der Waals surface area contributed by atoms with Gasteiger partial charge in [-0.25, -0.2) is 4.57 Å². The lowest BCUT2D eigenvalue weighted by Crippen LogP contribution is -2.30. The third-order valence-corrected chi connectivity index (χ3v) is 2.12. The minimum Gasteiger partial charge on any atom is -0.481 e. The van der Waals surface area contributed by atoms with Gasteiger partial charge in [-0.15, -0.1) is 0 Å². The summed E-state index contributed by atoms with van der Waals surface area (Å²) in [6.07, 6.45) is -1.47. The SMILES string of the molecule is NC(CCC(=O)O)C(=O)O.O=P(O)(O)OCC(O)CO. The van der Waals surface area contributed by atoms with Crippen LogP contribution < -0.4 is 5.73 Å². The van der Waals surface area contributed by atoms with Crippen molar-refractivity contribution < 1.29 is 48.9 Å². The number of carbonyl (C=O) groups is 2. The summed E-state index contributed by atoms with van der Waals surface area (Å²) >= 11 is 0. The Morgan fingerprint density at radius 2 is 1.75 bits per heavy atom. The Labute approximate surface area is 113 Å². The fourth-order valence-electron chi connectivity index (χ4n) is 0.638. The quantitative estimate of drug-likeness (QED) is 0.237. The predicted molar refractivity (Wildman–Crippen MR) is 63.6 cm³/mol. The van der Waals surface area contributed by atoms with Crippen LogP contribution in [0.5, 0.6) is 0 Å². The normalized spacial score (nSPS) is 13.8. The van der Waals surface area contributed by atoms with Gasteiger partial charge in [0.15, 0.2) is 0 Å². The van der Waals surface area contributed by atoms with E-state index < -0.39 is 45.1 Å². The Kier molecular flexibility index (Phi) is 11.3. The molecule has 8 N–H and O–H groups in total. The van der Waals surface area contributed by atoms with Crippen LogP contribution >= 0.6 is 7.82 Å². The van der Waals surface area contributed by atoms with Crippen molar-refractivity contribution in [3.63, 3.8) is 0 Å². The minimum atomic E-state index is -4.50. The summed E-state index contributed by atoms with van der Waals surface area (Å²) in [4.78, 5) is 36.0. The van der Waals surface area contributed by atoms with Gasteiger partial charge in [0.1, 0.15) is 12.1 Å². The fraction of sp³-hybridized carbons (Fsp3) is 0.750. The second kappa shape index (κ2) is 10.7. The zero-order valence-electron chi connectivity index (χ0n) is 10.3. The molecule has 20 heavy (non-hydrogen) atoms. The van der Waals surface area contributed by atoms with Crippen LogP contribution in [0.25, 0.3) is 0 Å². The first-order valence-electron chi connectivity index (χ1n) is 5.18. The number of aliphatic hydroxyl groups excluding tert-OH is 2. The van der Waals surface area contributed by atoms with E-state index in [1.165, 1.54) is 0 Å². The zero-order valence-corrected chi connectivity index (χ0v) is 11.2. The number of hydrogen-bond donors (Lipinski definition) is 7. The van der Waals surface area contributed by atoms with E-state index in [2.05, 4.69) is 4.52 Å². The standard InChI is InChI=1S/C5H9NO4.C3H9O6P/c6-3(5(9)10)1-2-4(7)8;4-1-3(5)2-9-10(6,7)8/h3H,1-2,6H2,(H,7,8)(H,9,10);3-5H,1-2H2,(H2,6,7,8). The largest absolute Gasteiger partial charge is 0.481 e. The number of aliphatic hydroxyl groups is 2. The molecular weight excluding hydrogens is 301 g/mol. The van der Waals surface area contributed by atoms with Crippen molar-refractivity contribution >= 4 is 19.8 Å². The van der Waals surface area contributed by atoms with Gasteiger partial charge in [0, 0.05) is 6.42 Å². The zero-order chi connectivity index (χ0) is 16.3. The number of hydrogen-bond acceptors (Lipinski definition) is 7. The van der Waals surface area contributed by atoms with E-state index in [0.29, 0.717) is 0 Å². The molecule has 11 nitrogen and oxygen atoms in total. The van der Waals surface area contributed by atoms with Crippen molar-refractivity contribution in [1.29, 1.82) is 0 Å². The third kappa shape index (κ3) is 16.9. The summed E-state index contributed by atoms with van der Waals surface area (Å²) in [7, 11) is -4.50. The summed E-state index contributed by atoms with van der Waals surface area (Å²) in [5.41, 5.74) is 5.00. The molecule has 0 bridgehead atoms. The highest BCUT2D eigenvalue weighted by atomic mass is 31.2. The van der Waals surface area contributed by atoms with Gasteiger partial charge in [0.25, 0.3) is 0 Å². The molecule has 0 aliphatic carbocycles. The van der Waals surface area contributed by atoms with E-state index in [4.69, 9.17) is 35.9 Å². The Balaban J connectivity index is 0. The van der Waals surface area contributed by atoms with E-state index in [1.54, 1.807) is 0 Å². The highest BCUT2D eigenvalue weighted by Crippen LogP contribution is 2.35. The molecule has 120 valence electrons. The number of aliphatic carboxylic acids is 2. The van der Waals surface area contributed by atoms with E-state index in [0.717, 1.165) is 0 Å². The van der Waals surface area contributed by atoms with Crippen LogP contribution in [0.1, 0.15) is 12.8 Å². The van der Waals surface area contributed by atoms with Crippen LogP contribution in [-0.4, -0.2) is 67.5 Å². The smallest absolute Gasteiger partial charge is 0.469 e. The van der Waals surface area contributed by atoms with Crippen molar-refractivity contribution in [2.24, 2.45) is 5.73 Å². The number of carboxylic acids is 2. The van der Waals surface area contributed by atoms with Gasteiger partial charge >= 0.3 is 19.8 Å². The maximum atomic E-state index is 9.99. The molecule has 12 heteroatoms. The molecule has 0 spiro atoms. The van der Waals surface area contributed by atoms with Gasteiger partial charge < -0.3 is 35.9 Å². The molecule has 0 aliphatic rings. The lowest BCUT2D eigenvalue weighted by atomic mass is 10.2. The van der Waals surface area contributed by atoms with Crippen LogP contribution in [0.15, 0.2) is 0 Å². The van der Waals surface area contributed by atoms with Crippen molar-refractivity contribution in [3.05, 3.63) is 0 Å². The number of phosphoric ester groups is 1. The van der Waals surface area contributed by atoms with Gasteiger partial charge in [-0.2, -0.15) is 0 Å². The number of nitrogens with two attached hydrogens (primary N) is 1. The summed E-state index contributed by atoms with van der Waals surface area (Å²) in [5.74, 6) is -2.20. The van der Waals surface area contributed by atoms with Crippen molar-refractivity contribution in [2.75, 3.05) is 13.2 Å². The fourth-order valence-corrected chi connectivity index (χ4v) is 1.00. The van der Waals surface area contributed by atoms with Crippen LogP contribution in [0.3, 0.4) is 0 Å². The molecule has 0 aromatic heterocycles. The molecule has 0 radical (unpaired) electrons. The number of rotatable bonds is 8. The Morgan fingerprint density at radius 1 is 1.25 bits per heavy atom. The van der Waals surface area contributed by atoms with Crippen molar-refractivity contribution in [1.82, 2.24) is 0 Å². The van der Waals surface area contributed by atoms with Gasteiger partial charge in [0.2, 0.25) is 0 Å². The first kappa shape index (κ1) is 21.2. The molecule has 0 saturated carbocycles. The van der Waals surface area contributed by atoms with E-state index in [1.807, 2.05) is 0 Å². The topological polar surface area (TPSA) is 208 Å². The Hall–Kier alpha value is -1.07. The van der Waals surface area contributed by atoms with E-state index >= 15 is 0 Å². The molecule has 0 fully saturated rings. The monoisotopic (exact) mass is 319 g/mol. The molecule has 0 rings (SSSR count). The van der Waals surface area contributed by atoms with Crippen molar-refractivity contribution in [2.45, 2.75) is 25.0 Å². The van der Waals surface area contributed by atoms with Gasteiger partial charge in [-0.1, -0.05) is 0 Å². The van der Waals surface area contributed by atoms with Crippen LogP contribution in [0, 0.1) is 0 Å². The molecule has 0 saturated heterocycles. The third-order valence-electron chi connectivity index (χ3n) is 1.63. The summed E-state index contributed by atoms with van der Waals surface area (Å²) in [5, 5.41) is 32.9. The molecular formula is C8H18NO10P. The molecule has 2 unspecified atom stereocenters. The average Bonchev–Trinajstić information content (AvgIpc) is 2.32. The second-order valence-corrected chi connectivity index (χ2v) is 4.74. The van der Waals surface area contributed by atoms with E-state index in [-0.39, 0.29) is 12.8 Å². The van der Waals surface area contributed by atoms with Gasteiger partial charge in [-0.3, -0.25) is 14.1 Å². The maximum Gasteiger partial charge on any atom is 0.469 e. The number of carboxylic acid groups (broad SMARTS) is 2. The molecule has 0 aromatic rings. The van der Waals surface area contributed by atoms with Gasteiger partial charge in [0.05, 0.1) is 13.2 Å². The maximum absolute atomic E-state index is 9.99. The predicted octanol–water partition coefficient (Wildman–Crippen LogP) is -2.29.